The minimum absolute atomic E-state index is 0.204. The average molecular weight is 324 g/mol. The van der Waals surface area contributed by atoms with Gasteiger partial charge in [0, 0.05) is 22.8 Å². The van der Waals surface area contributed by atoms with E-state index in [0.717, 1.165) is 32.1 Å². The van der Waals surface area contributed by atoms with Crippen molar-refractivity contribution in [2.45, 2.75) is 78.4 Å². The molecule has 0 saturated carbocycles. The number of ether oxygens (including phenoxy) is 1. The third kappa shape index (κ3) is 3.65. The van der Waals surface area contributed by atoms with E-state index in [2.05, 4.69) is 13.8 Å². The molecule has 0 spiro atoms. The van der Waals surface area contributed by atoms with Crippen molar-refractivity contribution in [1.82, 2.24) is 4.90 Å². The van der Waals surface area contributed by atoms with E-state index in [0.29, 0.717) is 0 Å². The first-order valence-electron chi connectivity index (χ1n) is 8.34. The lowest BCUT2D eigenvalue weighted by Crippen LogP contribution is -2.43. The van der Waals surface area contributed by atoms with E-state index in [9.17, 15) is 4.79 Å². The molecule has 0 fully saturated rings. The van der Waals surface area contributed by atoms with Gasteiger partial charge in [0.05, 0.1) is 0 Å². The van der Waals surface area contributed by atoms with Crippen molar-refractivity contribution in [3.63, 3.8) is 0 Å². The molecule has 1 atom stereocenters. The van der Waals surface area contributed by atoms with Crippen LogP contribution in [0.3, 0.4) is 0 Å². The SMILES string of the molecule is CCc1sc(CC)c2c1CCC(N(C)C(=O)OC(C)(C)C)C2. The van der Waals surface area contributed by atoms with Crippen molar-refractivity contribution in [1.29, 1.82) is 0 Å². The highest BCUT2D eigenvalue weighted by atomic mass is 32.1. The van der Waals surface area contributed by atoms with Gasteiger partial charge in [-0.25, -0.2) is 4.79 Å². The number of hydrogen-bond acceptors (Lipinski definition) is 3. The minimum Gasteiger partial charge on any atom is -0.444 e. The highest BCUT2D eigenvalue weighted by Crippen LogP contribution is 2.36. The van der Waals surface area contributed by atoms with Crippen LogP contribution in [0.25, 0.3) is 0 Å². The zero-order valence-corrected chi connectivity index (χ0v) is 15.6. The molecule has 1 heterocycles. The molecular weight excluding hydrogens is 294 g/mol. The molecule has 1 aliphatic rings. The standard InChI is InChI=1S/C18H29NO2S/c1-7-15-13-10-9-12(11-14(13)16(8-2)22-15)19(6)17(20)21-18(3,4)5/h12H,7-11H2,1-6H3. The summed E-state index contributed by atoms with van der Waals surface area (Å²) in [6, 6.07) is 0.256. The fourth-order valence-electron chi connectivity index (χ4n) is 3.17. The summed E-state index contributed by atoms with van der Waals surface area (Å²) in [5.41, 5.74) is 2.64. The Morgan fingerprint density at radius 3 is 2.36 bits per heavy atom. The number of thiophene rings is 1. The smallest absolute Gasteiger partial charge is 0.410 e. The zero-order chi connectivity index (χ0) is 16.5. The Morgan fingerprint density at radius 1 is 1.23 bits per heavy atom. The van der Waals surface area contributed by atoms with Gasteiger partial charge in [0.2, 0.25) is 0 Å². The molecule has 1 amide bonds. The van der Waals surface area contributed by atoms with Gasteiger partial charge in [0.15, 0.2) is 0 Å². The number of carbonyl (C=O) groups is 1. The average Bonchev–Trinajstić information content (AvgIpc) is 2.81. The van der Waals surface area contributed by atoms with Crippen molar-refractivity contribution in [2.24, 2.45) is 0 Å². The maximum atomic E-state index is 12.3. The normalized spacial score (nSPS) is 18.0. The molecule has 1 aliphatic carbocycles. The molecule has 0 aromatic carbocycles. The molecule has 0 saturated heterocycles. The first kappa shape index (κ1) is 17.3. The number of carbonyl (C=O) groups excluding carboxylic acids is 1. The van der Waals surface area contributed by atoms with Crippen LogP contribution in [-0.4, -0.2) is 29.7 Å². The predicted octanol–water partition coefficient (Wildman–Crippen LogP) is 4.60. The first-order valence-corrected chi connectivity index (χ1v) is 9.16. The van der Waals surface area contributed by atoms with Gasteiger partial charge in [-0.15, -0.1) is 11.3 Å². The second kappa shape index (κ2) is 6.61. The van der Waals surface area contributed by atoms with Gasteiger partial charge in [-0.2, -0.15) is 0 Å². The van der Waals surface area contributed by atoms with Gasteiger partial charge in [0.1, 0.15) is 5.60 Å². The zero-order valence-electron chi connectivity index (χ0n) is 14.8. The molecule has 0 bridgehead atoms. The Hall–Kier alpha value is -1.03. The van der Waals surface area contributed by atoms with Crippen LogP contribution in [0.5, 0.6) is 0 Å². The fourth-order valence-corrected chi connectivity index (χ4v) is 4.43. The highest BCUT2D eigenvalue weighted by molar-refractivity contribution is 7.12. The summed E-state index contributed by atoms with van der Waals surface area (Å²) in [5.74, 6) is 0. The van der Waals surface area contributed by atoms with Crippen LogP contribution in [0.15, 0.2) is 0 Å². The molecule has 2 rings (SSSR count). The minimum atomic E-state index is -0.433. The Morgan fingerprint density at radius 2 is 1.82 bits per heavy atom. The summed E-state index contributed by atoms with van der Waals surface area (Å²) >= 11 is 1.97. The predicted molar refractivity (Wildman–Crippen MR) is 92.9 cm³/mol. The number of amides is 1. The number of hydrogen-bond donors (Lipinski definition) is 0. The number of nitrogens with zero attached hydrogens (tertiary/aromatic N) is 1. The van der Waals surface area contributed by atoms with E-state index in [1.54, 1.807) is 15.3 Å². The number of fused-ring (bicyclic) bond motifs is 1. The second-order valence-corrected chi connectivity index (χ2v) is 8.29. The van der Waals surface area contributed by atoms with Crippen molar-refractivity contribution >= 4 is 17.4 Å². The fraction of sp³-hybridized carbons (Fsp3) is 0.722. The van der Waals surface area contributed by atoms with Crippen LogP contribution in [-0.2, 0) is 30.4 Å². The Bertz CT molecular complexity index is 542. The lowest BCUT2D eigenvalue weighted by atomic mass is 9.87. The molecule has 0 radical (unpaired) electrons. The summed E-state index contributed by atoms with van der Waals surface area (Å²) in [6.45, 7) is 10.2. The topological polar surface area (TPSA) is 29.5 Å². The van der Waals surface area contributed by atoms with E-state index < -0.39 is 5.60 Å². The first-order chi connectivity index (χ1) is 10.3. The number of rotatable bonds is 3. The van der Waals surface area contributed by atoms with E-state index in [4.69, 9.17) is 4.74 Å². The quantitative estimate of drug-likeness (QED) is 0.814. The summed E-state index contributed by atoms with van der Waals surface area (Å²) < 4.78 is 5.51. The molecule has 3 nitrogen and oxygen atoms in total. The van der Waals surface area contributed by atoms with Gasteiger partial charge in [-0.1, -0.05) is 13.8 Å². The highest BCUT2D eigenvalue weighted by Gasteiger charge is 2.31. The second-order valence-electron chi connectivity index (χ2n) is 7.10. The molecule has 4 heteroatoms. The monoisotopic (exact) mass is 323 g/mol. The van der Waals surface area contributed by atoms with Crippen LogP contribution in [0.1, 0.15) is 61.9 Å². The van der Waals surface area contributed by atoms with Gasteiger partial charge in [-0.05, 0) is 64.0 Å². The van der Waals surface area contributed by atoms with Crippen molar-refractivity contribution in [2.75, 3.05) is 7.05 Å². The van der Waals surface area contributed by atoms with Gasteiger partial charge < -0.3 is 9.64 Å². The van der Waals surface area contributed by atoms with Crippen molar-refractivity contribution < 1.29 is 9.53 Å². The summed E-state index contributed by atoms with van der Waals surface area (Å²) in [6.07, 6.45) is 5.12. The lowest BCUT2D eigenvalue weighted by molar-refractivity contribution is 0.0210. The molecule has 1 aromatic rings. The van der Waals surface area contributed by atoms with E-state index in [-0.39, 0.29) is 12.1 Å². The molecule has 22 heavy (non-hydrogen) atoms. The Balaban J connectivity index is 2.14. The van der Waals surface area contributed by atoms with Crippen LogP contribution in [0.2, 0.25) is 0 Å². The van der Waals surface area contributed by atoms with Crippen LogP contribution in [0.4, 0.5) is 4.79 Å². The third-order valence-electron chi connectivity index (χ3n) is 4.32. The maximum Gasteiger partial charge on any atom is 0.410 e. The maximum absolute atomic E-state index is 12.3. The van der Waals surface area contributed by atoms with E-state index in [1.165, 1.54) is 10.4 Å². The third-order valence-corrected chi connectivity index (χ3v) is 5.89. The molecule has 1 unspecified atom stereocenters. The molecule has 1 aromatic heterocycles. The van der Waals surface area contributed by atoms with E-state index in [1.807, 2.05) is 39.2 Å². The van der Waals surface area contributed by atoms with Gasteiger partial charge >= 0.3 is 6.09 Å². The molecular formula is C18H29NO2S. The van der Waals surface area contributed by atoms with Gasteiger partial charge in [0.25, 0.3) is 0 Å². The van der Waals surface area contributed by atoms with Crippen LogP contribution in [0, 0.1) is 0 Å². The Labute approximate surface area is 138 Å². The van der Waals surface area contributed by atoms with Gasteiger partial charge in [-0.3, -0.25) is 0 Å². The van der Waals surface area contributed by atoms with Crippen molar-refractivity contribution in [3.8, 4) is 0 Å². The molecule has 0 N–H and O–H groups in total. The summed E-state index contributed by atoms with van der Waals surface area (Å²) in [4.78, 5) is 17.1. The largest absolute Gasteiger partial charge is 0.444 e. The molecule has 0 aliphatic heterocycles. The summed E-state index contributed by atoms with van der Waals surface area (Å²) in [5, 5.41) is 0. The number of likely N-dealkylation sites (N-methyl/N-ethyl adjacent to an activating group) is 1. The summed E-state index contributed by atoms with van der Waals surface area (Å²) in [7, 11) is 1.88. The Kier molecular flexibility index (Phi) is 5.21. The number of aryl methyl sites for hydroxylation is 2. The van der Waals surface area contributed by atoms with Crippen LogP contribution >= 0.6 is 11.3 Å². The van der Waals surface area contributed by atoms with E-state index >= 15 is 0 Å². The van der Waals surface area contributed by atoms with Crippen LogP contribution < -0.4 is 0 Å². The lowest BCUT2D eigenvalue weighted by Gasteiger charge is -2.33. The van der Waals surface area contributed by atoms with Crippen molar-refractivity contribution in [3.05, 3.63) is 20.9 Å². The molecule has 124 valence electrons.